The topological polar surface area (TPSA) is 37.9 Å². The van der Waals surface area contributed by atoms with Crippen molar-refractivity contribution < 1.29 is 4.74 Å². The van der Waals surface area contributed by atoms with E-state index < -0.39 is 0 Å². The third-order valence-electron chi connectivity index (χ3n) is 5.61. The van der Waals surface area contributed by atoms with Gasteiger partial charge in [-0.3, -0.25) is 5.10 Å². The maximum atomic E-state index is 6.12. The summed E-state index contributed by atoms with van der Waals surface area (Å²) in [5, 5.41) is 8.34. The van der Waals surface area contributed by atoms with Gasteiger partial charge >= 0.3 is 0 Å². The van der Waals surface area contributed by atoms with Crippen LogP contribution in [0.3, 0.4) is 0 Å². The molecule has 3 nitrogen and oxygen atoms in total. The van der Waals surface area contributed by atoms with E-state index >= 15 is 0 Å². The Bertz CT molecular complexity index is 1370. The smallest absolute Gasteiger partial charge is 0.128 e. The zero-order valence-electron chi connectivity index (χ0n) is 18.0. The first-order valence-corrected chi connectivity index (χ1v) is 10.9. The van der Waals surface area contributed by atoms with Gasteiger partial charge in [-0.1, -0.05) is 73.7 Å². The van der Waals surface area contributed by atoms with Crippen LogP contribution in [0, 0.1) is 0 Å². The minimum Gasteiger partial charge on any atom is -0.457 e. The van der Waals surface area contributed by atoms with Crippen LogP contribution >= 0.6 is 0 Å². The summed E-state index contributed by atoms with van der Waals surface area (Å²) in [6, 6.07) is 35.3. The van der Waals surface area contributed by atoms with Gasteiger partial charge in [-0.15, -0.1) is 0 Å². The number of allylic oxidation sites excluding steroid dienone is 1. The first-order valence-electron chi connectivity index (χ1n) is 10.9. The number of aromatic nitrogens is 2. The summed E-state index contributed by atoms with van der Waals surface area (Å²) in [5.41, 5.74) is 7.08. The van der Waals surface area contributed by atoms with Crippen molar-refractivity contribution in [3.8, 4) is 11.5 Å². The minimum atomic E-state index is 0.831. The van der Waals surface area contributed by atoms with Crippen molar-refractivity contribution in [2.75, 3.05) is 0 Å². The summed E-state index contributed by atoms with van der Waals surface area (Å²) in [6.45, 7) is 2.21. The Kier molecular flexibility index (Phi) is 5.54. The number of aromatic amines is 1. The summed E-state index contributed by atoms with van der Waals surface area (Å²) in [5.74, 6) is 1.66. The summed E-state index contributed by atoms with van der Waals surface area (Å²) < 4.78 is 6.12. The lowest BCUT2D eigenvalue weighted by molar-refractivity contribution is 0.482. The number of H-pyrrole nitrogens is 1. The molecule has 0 aliphatic rings. The van der Waals surface area contributed by atoms with Crippen LogP contribution in [0.2, 0.25) is 0 Å². The predicted molar refractivity (Wildman–Crippen MR) is 132 cm³/mol. The average molecular weight is 417 g/mol. The number of nitrogens with one attached hydrogen (secondary N) is 1. The van der Waals surface area contributed by atoms with Crippen LogP contribution in [0.1, 0.15) is 30.0 Å². The van der Waals surface area contributed by atoms with Gasteiger partial charge in [0.05, 0.1) is 11.7 Å². The highest BCUT2D eigenvalue weighted by Crippen LogP contribution is 2.36. The lowest BCUT2D eigenvalue weighted by Crippen LogP contribution is -1.95. The van der Waals surface area contributed by atoms with E-state index in [2.05, 4.69) is 83.9 Å². The van der Waals surface area contributed by atoms with E-state index in [0.29, 0.717) is 0 Å². The number of benzene rings is 4. The molecule has 0 aliphatic carbocycles. The SMILES string of the molecule is CC/C(=C(/c1ccccc1)c1ccc2[nH]ncc2c1)c1cccc(Oc2ccccc2)c1. The highest BCUT2D eigenvalue weighted by atomic mass is 16.5. The first kappa shape index (κ1) is 19.8. The standard InChI is InChI=1S/C29H24N2O/c1-2-27(22-12-9-15-26(19-22)32-25-13-7-4-8-14-25)29(21-10-5-3-6-11-21)23-16-17-28-24(18-23)20-30-31-28/h3-20H,2H2,1H3,(H,30,31)/b29-27+. The molecule has 0 bridgehead atoms. The molecule has 0 fully saturated rings. The predicted octanol–water partition coefficient (Wildman–Crippen LogP) is 7.72. The summed E-state index contributed by atoms with van der Waals surface area (Å²) in [6.07, 6.45) is 2.77. The van der Waals surface area contributed by atoms with Crippen LogP contribution in [-0.4, -0.2) is 10.2 Å². The van der Waals surface area contributed by atoms with Crippen LogP contribution < -0.4 is 4.74 Å². The molecule has 32 heavy (non-hydrogen) atoms. The second-order valence-corrected chi connectivity index (χ2v) is 7.69. The molecule has 1 N–H and O–H groups in total. The monoisotopic (exact) mass is 416 g/mol. The molecule has 1 heterocycles. The molecule has 0 radical (unpaired) electrons. The van der Waals surface area contributed by atoms with Gasteiger partial charge in [-0.2, -0.15) is 5.10 Å². The van der Waals surface area contributed by atoms with E-state index in [0.717, 1.165) is 34.4 Å². The van der Waals surface area contributed by atoms with Crippen LogP contribution in [0.4, 0.5) is 0 Å². The number of nitrogens with zero attached hydrogens (tertiary/aromatic N) is 1. The van der Waals surface area contributed by atoms with Crippen molar-refractivity contribution in [3.05, 3.63) is 126 Å². The Morgan fingerprint density at radius 2 is 1.44 bits per heavy atom. The van der Waals surface area contributed by atoms with Gasteiger partial charge < -0.3 is 4.74 Å². The molecule has 0 aliphatic heterocycles. The molecule has 4 aromatic carbocycles. The van der Waals surface area contributed by atoms with Gasteiger partial charge in [0.25, 0.3) is 0 Å². The van der Waals surface area contributed by atoms with Crippen LogP contribution in [0.25, 0.3) is 22.0 Å². The number of ether oxygens (including phenoxy) is 1. The molecule has 5 rings (SSSR count). The Morgan fingerprint density at radius 3 is 2.22 bits per heavy atom. The van der Waals surface area contributed by atoms with Crippen molar-refractivity contribution in [3.63, 3.8) is 0 Å². The Balaban J connectivity index is 1.66. The molecule has 0 saturated heterocycles. The molecule has 0 atom stereocenters. The highest BCUT2D eigenvalue weighted by molar-refractivity contribution is 6.00. The number of hydrogen-bond donors (Lipinski definition) is 1. The average Bonchev–Trinajstić information content (AvgIpc) is 3.32. The van der Waals surface area contributed by atoms with Gasteiger partial charge in [-0.25, -0.2) is 0 Å². The van der Waals surface area contributed by atoms with Gasteiger partial charge in [0.15, 0.2) is 0 Å². The fraction of sp³-hybridized carbons (Fsp3) is 0.0690. The van der Waals surface area contributed by atoms with E-state index in [-0.39, 0.29) is 0 Å². The van der Waals surface area contributed by atoms with E-state index in [4.69, 9.17) is 4.74 Å². The largest absolute Gasteiger partial charge is 0.457 e. The van der Waals surface area contributed by atoms with Gasteiger partial charge in [0.2, 0.25) is 0 Å². The second kappa shape index (κ2) is 8.94. The summed E-state index contributed by atoms with van der Waals surface area (Å²) in [7, 11) is 0. The Labute approximate surface area is 188 Å². The maximum absolute atomic E-state index is 6.12. The van der Waals surface area contributed by atoms with Crippen molar-refractivity contribution in [2.45, 2.75) is 13.3 Å². The highest BCUT2D eigenvalue weighted by Gasteiger charge is 2.14. The lowest BCUT2D eigenvalue weighted by atomic mass is 9.88. The molecule has 0 amide bonds. The molecule has 1 aromatic heterocycles. The summed E-state index contributed by atoms with van der Waals surface area (Å²) in [4.78, 5) is 0. The van der Waals surface area contributed by atoms with Crippen LogP contribution in [0.5, 0.6) is 11.5 Å². The number of fused-ring (bicyclic) bond motifs is 1. The van der Waals surface area contributed by atoms with E-state index in [1.54, 1.807) is 0 Å². The summed E-state index contributed by atoms with van der Waals surface area (Å²) >= 11 is 0. The van der Waals surface area contributed by atoms with Gasteiger partial charge in [0, 0.05) is 5.39 Å². The maximum Gasteiger partial charge on any atom is 0.128 e. The normalized spacial score (nSPS) is 11.9. The van der Waals surface area contributed by atoms with Gasteiger partial charge in [0.1, 0.15) is 11.5 Å². The quantitative estimate of drug-likeness (QED) is 0.288. The zero-order chi connectivity index (χ0) is 21.8. The fourth-order valence-electron chi connectivity index (χ4n) is 4.12. The van der Waals surface area contributed by atoms with Crippen molar-refractivity contribution in [2.24, 2.45) is 0 Å². The van der Waals surface area contributed by atoms with Gasteiger partial charge in [-0.05, 0) is 70.7 Å². The van der Waals surface area contributed by atoms with Crippen LogP contribution in [0.15, 0.2) is 109 Å². The third kappa shape index (κ3) is 4.06. The van der Waals surface area contributed by atoms with E-state index in [1.807, 2.05) is 42.6 Å². The first-order chi connectivity index (χ1) is 15.8. The molecule has 0 spiro atoms. The molecule has 3 heteroatoms. The Morgan fingerprint density at radius 1 is 0.719 bits per heavy atom. The lowest BCUT2D eigenvalue weighted by Gasteiger charge is -2.17. The fourth-order valence-corrected chi connectivity index (χ4v) is 4.12. The number of para-hydroxylation sites is 1. The number of rotatable bonds is 6. The van der Waals surface area contributed by atoms with Crippen molar-refractivity contribution in [1.29, 1.82) is 0 Å². The minimum absolute atomic E-state index is 0.831. The molecule has 0 saturated carbocycles. The molecular formula is C29H24N2O. The Hall–Kier alpha value is -4.11. The molecular weight excluding hydrogens is 392 g/mol. The van der Waals surface area contributed by atoms with E-state index in [1.165, 1.54) is 22.3 Å². The second-order valence-electron chi connectivity index (χ2n) is 7.69. The van der Waals surface area contributed by atoms with Crippen LogP contribution in [-0.2, 0) is 0 Å². The molecule has 0 unspecified atom stereocenters. The molecule has 156 valence electrons. The van der Waals surface area contributed by atoms with Crippen molar-refractivity contribution in [1.82, 2.24) is 10.2 Å². The third-order valence-corrected chi connectivity index (χ3v) is 5.61. The number of hydrogen-bond acceptors (Lipinski definition) is 2. The van der Waals surface area contributed by atoms with E-state index in [9.17, 15) is 0 Å². The van der Waals surface area contributed by atoms with Crippen molar-refractivity contribution >= 4 is 22.0 Å². The zero-order valence-corrected chi connectivity index (χ0v) is 18.0. The molecule has 5 aromatic rings.